The highest BCUT2D eigenvalue weighted by Crippen LogP contribution is 2.24. The molecule has 0 spiro atoms. The summed E-state index contributed by atoms with van der Waals surface area (Å²) in [4.78, 5) is 17.3. The van der Waals surface area contributed by atoms with Gasteiger partial charge in [0.1, 0.15) is 0 Å². The number of hydrogen-bond donors (Lipinski definition) is 1. The third-order valence-electron chi connectivity index (χ3n) is 2.75. The van der Waals surface area contributed by atoms with Crippen molar-refractivity contribution in [3.05, 3.63) is 64.2 Å². The Balaban J connectivity index is 1.66. The molecule has 1 N–H and O–H groups in total. The van der Waals surface area contributed by atoms with Gasteiger partial charge in [0, 0.05) is 21.9 Å². The van der Waals surface area contributed by atoms with Crippen molar-refractivity contribution in [1.29, 1.82) is 0 Å². The van der Waals surface area contributed by atoms with E-state index in [-0.39, 0.29) is 5.91 Å². The van der Waals surface area contributed by atoms with Crippen LogP contribution in [0, 0.1) is 0 Å². The lowest BCUT2D eigenvalue weighted by molar-refractivity contribution is -0.111. The molecule has 3 nitrogen and oxygen atoms in total. The van der Waals surface area contributed by atoms with Gasteiger partial charge in [0.15, 0.2) is 5.13 Å². The summed E-state index contributed by atoms with van der Waals surface area (Å²) in [6.07, 6.45) is 3.32. The number of nitrogens with one attached hydrogen (secondary N) is 1. The molecule has 2 aromatic heterocycles. The molecular formula is C16H12N2OS2. The van der Waals surface area contributed by atoms with Crippen molar-refractivity contribution in [2.75, 3.05) is 5.32 Å². The number of benzene rings is 1. The van der Waals surface area contributed by atoms with E-state index in [0.29, 0.717) is 5.13 Å². The fourth-order valence-electron chi connectivity index (χ4n) is 1.76. The summed E-state index contributed by atoms with van der Waals surface area (Å²) in [5.41, 5.74) is 1.92. The van der Waals surface area contributed by atoms with Crippen LogP contribution in [0.25, 0.3) is 17.3 Å². The number of anilines is 1. The van der Waals surface area contributed by atoms with E-state index in [9.17, 15) is 4.79 Å². The first-order valence-corrected chi connectivity index (χ1v) is 8.11. The first-order valence-electron chi connectivity index (χ1n) is 6.35. The zero-order valence-corrected chi connectivity index (χ0v) is 12.7. The van der Waals surface area contributed by atoms with E-state index in [4.69, 9.17) is 0 Å². The molecular weight excluding hydrogens is 300 g/mol. The maximum atomic E-state index is 11.8. The number of thiophene rings is 1. The monoisotopic (exact) mass is 312 g/mol. The average Bonchev–Trinajstić information content (AvgIpc) is 3.17. The van der Waals surface area contributed by atoms with Crippen LogP contribution in [0.3, 0.4) is 0 Å². The van der Waals surface area contributed by atoms with Gasteiger partial charge in [-0.1, -0.05) is 36.4 Å². The number of carbonyl (C=O) groups excluding carboxylic acids is 1. The van der Waals surface area contributed by atoms with E-state index in [1.54, 1.807) is 17.4 Å². The summed E-state index contributed by atoms with van der Waals surface area (Å²) in [5, 5.41) is 7.30. The standard InChI is InChI=1S/C16H12N2OS2/c19-15(9-8-13-7-4-10-20-13)18-16-17-14(11-21-16)12-5-2-1-3-6-12/h1-11H,(H,17,18,19)/b9-8+. The van der Waals surface area contributed by atoms with Crippen molar-refractivity contribution in [3.8, 4) is 11.3 Å². The Bertz CT molecular complexity index is 746. The highest BCUT2D eigenvalue weighted by atomic mass is 32.1. The summed E-state index contributed by atoms with van der Waals surface area (Å²) >= 11 is 3.01. The number of nitrogens with zero attached hydrogens (tertiary/aromatic N) is 1. The van der Waals surface area contributed by atoms with Crippen molar-refractivity contribution < 1.29 is 4.79 Å². The minimum absolute atomic E-state index is 0.169. The predicted octanol–water partition coefficient (Wildman–Crippen LogP) is 4.52. The average molecular weight is 312 g/mol. The van der Waals surface area contributed by atoms with Crippen LogP contribution in [-0.2, 0) is 4.79 Å². The molecule has 0 aliphatic carbocycles. The molecule has 0 aliphatic heterocycles. The van der Waals surface area contributed by atoms with Crippen molar-refractivity contribution in [1.82, 2.24) is 4.98 Å². The van der Waals surface area contributed by atoms with Crippen molar-refractivity contribution in [2.24, 2.45) is 0 Å². The molecule has 0 aliphatic rings. The molecule has 21 heavy (non-hydrogen) atoms. The second-order valence-electron chi connectivity index (χ2n) is 4.24. The van der Waals surface area contributed by atoms with Gasteiger partial charge in [-0.15, -0.1) is 22.7 Å². The van der Waals surface area contributed by atoms with Gasteiger partial charge < -0.3 is 0 Å². The molecule has 5 heteroatoms. The largest absolute Gasteiger partial charge is 0.298 e. The van der Waals surface area contributed by atoms with Crippen molar-refractivity contribution in [2.45, 2.75) is 0 Å². The second-order valence-corrected chi connectivity index (χ2v) is 6.08. The van der Waals surface area contributed by atoms with Crippen LogP contribution in [0.15, 0.2) is 59.3 Å². The van der Waals surface area contributed by atoms with Crippen molar-refractivity contribution in [3.63, 3.8) is 0 Å². The third kappa shape index (κ3) is 3.65. The molecule has 0 atom stereocenters. The van der Waals surface area contributed by atoms with E-state index in [1.807, 2.05) is 53.2 Å². The molecule has 1 amide bonds. The Kier molecular flexibility index (Phi) is 4.23. The number of hydrogen-bond acceptors (Lipinski definition) is 4. The fraction of sp³-hybridized carbons (Fsp3) is 0. The van der Waals surface area contributed by atoms with E-state index in [2.05, 4.69) is 10.3 Å². The van der Waals surface area contributed by atoms with Crippen LogP contribution in [0.2, 0.25) is 0 Å². The van der Waals surface area contributed by atoms with E-state index in [0.717, 1.165) is 16.1 Å². The van der Waals surface area contributed by atoms with E-state index < -0.39 is 0 Å². The van der Waals surface area contributed by atoms with Gasteiger partial charge in [0.25, 0.3) is 0 Å². The summed E-state index contributed by atoms with van der Waals surface area (Å²) in [6.45, 7) is 0. The highest BCUT2D eigenvalue weighted by molar-refractivity contribution is 7.14. The van der Waals surface area contributed by atoms with Gasteiger partial charge in [0.2, 0.25) is 5.91 Å². The lowest BCUT2D eigenvalue weighted by Crippen LogP contribution is -2.07. The molecule has 0 saturated heterocycles. The van der Waals surface area contributed by atoms with Gasteiger partial charge in [-0.25, -0.2) is 4.98 Å². The van der Waals surface area contributed by atoms with Gasteiger partial charge >= 0.3 is 0 Å². The minimum Gasteiger partial charge on any atom is -0.298 e. The topological polar surface area (TPSA) is 42.0 Å². The zero-order valence-electron chi connectivity index (χ0n) is 11.0. The summed E-state index contributed by atoms with van der Waals surface area (Å²) in [7, 11) is 0. The van der Waals surface area contributed by atoms with Gasteiger partial charge in [-0.2, -0.15) is 0 Å². The Morgan fingerprint density at radius 1 is 1.10 bits per heavy atom. The van der Waals surface area contributed by atoms with E-state index >= 15 is 0 Å². The number of thiazole rings is 1. The molecule has 104 valence electrons. The summed E-state index contributed by atoms with van der Waals surface area (Å²) in [6, 6.07) is 13.8. The second kappa shape index (κ2) is 6.47. The van der Waals surface area contributed by atoms with Crippen LogP contribution in [-0.4, -0.2) is 10.9 Å². The maximum Gasteiger partial charge on any atom is 0.250 e. The maximum absolute atomic E-state index is 11.8. The lowest BCUT2D eigenvalue weighted by atomic mass is 10.2. The molecule has 3 aromatic rings. The van der Waals surface area contributed by atoms with Gasteiger partial charge in [0.05, 0.1) is 5.69 Å². The Labute approximate surface area is 130 Å². The first kappa shape index (κ1) is 13.7. The molecule has 3 rings (SSSR count). The summed E-state index contributed by atoms with van der Waals surface area (Å²) < 4.78 is 0. The van der Waals surface area contributed by atoms with Crippen LogP contribution >= 0.6 is 22.7 Å². The van der Waals surface area contributed by atoms with Crippen molar-refractivity contribution >= 4 is 39.8 Å². The molecule has 0 saturated carbocycles. The third-order valence-corrected chi connectivity index (χ3v) is 4.34. The quantitative estimate of drug-likeness (QED) is 0.719. The number of rotatable bonds is 4. The van der Waals surface area contributed by atoms with E-state index in [1.165, 1.54) is 17.4 Å². The van der Waals surface area contributed by atoms with Crippen LogP contribution < -0.4 is 5.32 Å². The Morgan fingerprint density at radius 3 is 2.71 bits per heavy atom. The summed E-state index contributed by atoms with van der Waals surface area (Å²) in [5.74, 6) is -0.169. The molecule has 0 bridgehead atoms. The smallest absolute Gasteiger partial charge is 0.250 e. The molecule has 2 heterocycles. The number of aromatic nitrogens is 1. The fourth-order valence-corrected chi connectivity index (χ4v) is 3.10. The zero-order chi connectivity index (χ0) is 14.5. The Morgan fingerprint density at radius 2 is 1.95 bits per heavy atom. The number of carbonyl (C=O) groups is 1. The van der Waals surface area contributed by atoms with Crippen LogP contribution in [0.4, 0.5) is 5.13 Å². The normalized spacial score (nSPS) is 10.9. The van der Waals surface area contributed by atoms with Crippen LogP contribution in [0.5, 0.6) is 0 Å². The minimum atomic E-state index is -0.169. The molecule has 1 aromatic carbocycles. The SMILES string of the molecule is O=C(/C=C/c1cccs1)Nc1nc(-c2ccccc2)cs1. The molecule has 0 fully saturated rings. The number of amides is 1. The van der Waals surface area contributed by atoms with Gasteiger partial charge in [-0.05, 0) is 17.5 Å². The van der Waals surface area contributed by atoms with Gasteiger partial charge in [-0.3, -0.25) is 10.1 Å². The van der Waals surface area contributed by atoms with Crippen LogP contribution in [0.1, 0.15) is 4.88 Å². The predicted molar refractivity (Wildman–Crippen MR) is 89.5 cm³/mol. The first-order chi connectivity index (χ1) is 10.3. The lowest BCUT2D eigenvalue weighted by Gasteiger charge is -1.96. The highest BCUT2D eigenvalue weighted by Gasteiger charge is 2.05. The molecule has 0 unspecified atom stereocenters. The molecule has 0 radical (unpaired) electrons. The Hall–Kier alpha value is -2.24.